The molecule has 0 spiro atoms. The van der Waals surface area contributed by atoms with E-state index in [1.54, 1.807) is 12.3 Å². The van der Waals surface area contributed by atoms with E-state index in [1.165, 1.54) is 0 Å². The van der Waals surface area contributed by atoms with Crippen molar-refractivity contribution in [2.75, 3.05) is 11.9 Å². The van der Waals surface area contributed by atoms with Crippen molar-refractivity contribution in [3.8, 4) is 6.07 Å². The van der Waals surface area contributed by atoms with E-state index in [0.717, 1.165) is 5.69 Å². The summed E-state index contributed by atoms with van der Waals surface area (Å²) < 4.78 is 0. The second-order valence-corrected chi connectivity index (χ2v) is 2.82. The first-order chi connectivity index (χ1) is 6.26. The van der Waals surface area contributed by atoms with Crippen molar-refractivity contribution in [1.82, 2.24) is 4.98 Å². The highest BCUT2D eigenvalue weighted by molar-refractivity contribution is 5.46. The molecule has 1 aromatic heterocycles. The first kappa shape index (κ1) is 9.49. The maximum absolute atomic E-state index is 8.59. The summed E-state index contributed by atoms with van der Waals surface area (Å²) in [6.45, 7) is 2.54. The van der Waals surface area contributed by atoms with Crippen LogP contribution in [0.3, 0.4) is 0 Å². The maximum Gasteiger partial charge on any atom is 0.142 e. The number of anilines is 1. The summed E-state index contributed by atoms with van der Waals surface area (Å²) >= 11 is 0. The van der Waals surface area contributed by atoms with Gasteiger partial charge in [0, 0.05) is 24.5 Å². The van der Waals surface area contributed by atoms with Crippen LogP contribution < -0.4 is 11.1 Å². The Bertz CT molecular complexity index is 316. The Morgan fingerprint density at radius 1 is 1.77 bits per heavy atom. The zero-order valence-corrected chi connectivity index (χ0v) is 7.49. The summed E-state index contributed by atoms with van der Waals surface area (Å²) in [5, 5.41) is 11.7. The highest BCUT2D eigenvalue weighted by Crippen LogP contribution is 2.07. The summed E-state index contributed by atoms with van der Waals surface area (Å²) in [7, 11) is 0. The van der Waals surface area contributed by atoms with E-state index in [-0.39, 0.29) is 6.04 Å². The van der Waals surface area contributed by atoms with Crippen molar-refractivity contribution in [3.05, 3.63) is 24.0 Å². The Morgan fingerprint density at radius 2 is 2.54 bits per heavy atom. The van der Waals surface area contributed by atoms with Gasteiger partial charge in [0.2, 0.25) is 0 Å². The molecule has 0 saturated carbocycles. The fraction of sp³-hybridized carbons (Fsp3) is 0.333. The summed E-state index contributed by atoms with van der Waals surface area (Å²) in [6, 6.07) is 5.69. The first-order valence-corrected chi connectivity index (χ1v) is 4.09. The Labute approximate surface area is 77.4 Å². The van der Waals surface area contributed by atoms with Crippen LogP contribution in [0.1, 0.15) is 12.6 Å². The molecule has 3 N–H and O–H groups in total. The fourth-order valence-corrected chi connectivity index (χ4v) is 0.925. The lowest BCUT2D eigenvalue weighted by molar-refractivity contribution is 0.803. The summed E-state index contributed by atoms with van der Waals surface area (Å²) in [5.41, 5.74) is 6.74. The smallest absolute Gasteiger partial charge is 0.142 e. The highest BCUT2D eigenvalue weighted by Gasteiger charge is 1.99. The largest absolute Gasteiger partial charge is 0.381 e. The number of nitriles is 1. The molecule has 0 aliphatic heterocycles. The number of nitrogens with one attached hydrogen (secondary N) is 1. The average Bonchev–Trinajstić information content (AvgIpc) is 2.18. The molecule has 0 aliphatic rings. The molecule has 0 saturated heterocycles. The minimum Gasteiger partial charge on any atom is -0.381 e. The lowest BCUT2D eigenvalue weighted by atomic mass is 10.3. The molecular weight excluding hydrogens is 164 g/mol. The zero-order valence-electron chi connectivity index (χ0n) is 7.49. The van der Waals surface area contributed by atoms with Gasteiger partial charge in [-0.1, -0.05) is 0 Å². The van der Waals surface area contributed by atoms with Gasteiger partial charge >= 0.3 is 0 Å². The Kier molecular flexibility index (Phi) is 3.23. The molecule has 0 fully saturated rings. The quantitative estimate of drug-likeness (QED) is 0.711. The molecule has 0 radical (unpaired) electrons. The molecule has 0 amide bonds. The van der Waals surface area contributed by atoms with Gasteiger partial charge in [-0.3, -0.25) is 0 Å². The number of hydrogen-bond acceptors (Lipinski definition) is 4. The Balaban J connectivity index is 2.73. The van der Waals surface area contributed by atoms with Crippen molar-refractivity contribution >= 4 is 5.69 Å². The van der Waals surface area contributed by atoms with Gasteiger partial charge in [-0.15, -0.1) is 0 Å². The predicted molar refractivity (Wildman–Crippen MR) is 51.1 cm³/mol. The van der Waals surface area contributed by atoms with Gasteiger partial charge < -0.3 is 11.1 Å². The van der Waals surface area contributed by atoms with Gasteiger partial charge in [0.05, 0.1) is 0 Å². The van der Waals surface area contributed by atoms with E-state index in [9.17, 15) is 0 Å². The van der Waals surface area contributed by atoms with Crippen LogP contribution in [-0.2, 0) is 0 Å². The molecule has 68 valence electrons. The van der Waals surface area contributed by atoms with E-state index in [0.29, 0.717) is 12.2 Å². The molecule has 1 aromatic rings. The third-order valence-corrected chi connectivity index (χ3v) is 1.64. The molecule has 0 bridgehead atoms. The van der Waals surface area contributed by atoms with Crippen molar-refractivity contribution in [1.29, 1.82) is 5.26 Å². The van der Waals surface area contributed by atoms with Crippen molar-refractivity contribution < 1.29 is 0 Å². The van der Waals surface area contributed by atoms with Crippen LogP contribution in [0.25, 0.3) is 0 Å². The van der Waals surface area contributed by atoms with Gasteiger partial charge in [0.1, 0.15) is 11.8 Å². The normalized spacial score (nSPS) is 11.8. The van der Waals surface area contributed by atoms with Gasteiger partial charge in [0.25, 0.3) is 0 Å². The molecule has 1 rings (SSSR count). The average molecular weight is 176 g/mol. The molecule has 4 heteroatoms. The minimum absolute atomic E-state index is 0.203. The number of pyridine rings is 1. The number of rotatable bonds is 3. The molecule has 4 nitrogen and oxygen atoms in total. The Hall–Kier alpha value is -1.60. The number of hydrogen-bond donors (Lipinski definition) is 2. The van der Waals surface area contributed by atoms with Crippen LogP contribution in [0.2, 0.25) is 0 Å². The highest BCUT2D eigenvalue weighted by atomic mass is 14.9. The van der Waals surface area contributed by atoms with E-state index in [1.807, 2.05) is 19.1 Å². The van der Waals surface area contributed by atoms with Gasteiger partial charge in [0.15, 0.2) is 0 Å². The third-order valence-electron chi connectivity index (χ3n) is 1.64. The van der Waals surface area contributed by atoms with E-state index in [2.05, 4.69) is 10.3 Å². The van der Waals surface area contributed by atoms with Crippen LogP contribution in [-0.4, -0.2) is 17.6 Å². The van der Waals surface area contributed by atoms with Crippen LogP contribution in [0.4, 0.5) is 5.69 Å². The lowest BCUT2D eigenvalue weighted by Crippen LogP contribution is -2.25. The van der Waals surface area contributed by atoms with Gasteiger partial charge in [-0.05, 0) is 19.1 Å². The van der Waals surface area contributed by atoms with Crippen molar-refractivity contribution in [2.45, 2.75) is 13.0 Å². The monoisotopic (exact) mass is 176 g/mol. The van der Waals surface area contributed by atoms with E-state index in [4.69, 9.17) is 11.0 Å². The number of nitrogens with zero attached hydrogens (tertiary/aromatic N) is 2. The molecule has 1 unspecified atom stereocenters. The molecule has 1 heterocycles. The molecule has 0 aromatic carbocycles. The number of aromatic nitrogens is 1. The Morgan fingerprint density at radius 3 is 3.15 bits per heavy atom. The SMILES string of the molecule is CC(CN)Nc1ccnc(C#N)c1. The van der Waals surface area contributed by atoms with Crippen molar-refractivity contribution in [3.63, 3.8) is 0 Å². The van der Waals surface area contributed by atoms with Gasteiger partial charge in [-0.25, -0.2) is 4.98 Å². The second kappa shape index (κ2) is 4.43. The van der Waals surface area contributed by atoms with Gasteiger partial charge in [-0.2, -0.15) is 5.26 Å². The molecule has 1 atom stereocenters. The molecule has 13 heavy (non-hydrogen) atoms. The van der Waals surface area contributed by atoms with Crippen LogP contribution in [0.15, 0.2) is 18.3 Å². The summed E-state index contributed by atoms with van der Waals surface area (Å²) in [6.07, 6.45) is 1.60. The maximum atomic E-state index is 8.59. The van der Waals surface area contributed by atoms with E-state index >= 15 is 0 Å². The van der Waals surface area contributed by atoms with Crippen LogP contribution in [0, 0.1) is 11.3 Å². The summed E-state index contributed by atoms with van der Waals surface area (Å²) in [4.78, 5) is 3.86. The molecular formula is C9H12N4. The fourth-order valence-electron chi connectivity index (χ4n) is 0.925. The summed E-state index contributed by atoms with van der Waals surface area (Å²) in [5.74, 6) is 0. The predicted octanol–water partition coefficient (Wildman–Crippen LogP) is 0.712. The van der Waals surface area contributed by atoms with Crippen LogP contribution >= 0.6 is 0 Å². The standard InChI is InChI=1S/C9H12N4/c1-7(5-10)13-8-2-3-12-9(4-8)6-11/h2-4,7H,5,10H2,1H3,(H,12,13). The topological polar surface area (TPSA) is 74.7 Å². The van der Waals surface area contributed by atoms with E-state index < -0.39 is 0 Å². The lowest BCUT2D eigenvalue weighted by Gasteiger charge is -2.12. The third kappa shape index (κ3) is 2.73. The van der Waals surface area contributed by atoms with Crippen LogP contribution in [0.5, 0.6) is 0 Å². The number of nitrogens with two attached hydrogens (primary N) is 1. The molecule has 0 aliphatic carbocycles. The zero-order chi connectivity index (χ0) is 9.68. The second-order valence-electron chi connectivity index (χ2n) is 2.82. The minimum atomic E-state index is 0.203. The first-order valence-electron chi connectivity index (χ1n) is 4.09. The van der Waals surface area contributed by atoms with Crippen molar-refractivity contribution in [2.24, 2.45) is 5.73 Å².